The number of rotatable bonds is 2. The lowest BCUT2D eigenvalue weighted by molar-refractivity contribution is 0.0938. The topological polar surface area (TPSA) is 49.3 Å². The fourth-order valence-corrected chi connectivity index (χ4v) is 2.54. The largest absolute Gasteiger partial charge is 0.508 e. The Kier molecular flexibility index (Phi) is 2.95. The number of amides is 1. The molecule has 0 saturated heterocycles. The fraction of sp³-hybridized carbons (Fsp3) is 0.188. The molecule has 0 heterocycles. The van der Waals surface area contributed by atoms with Crippen LogP contribution in [0.4, 0.5) is 0 Å². The molecule has 0 saturated carbocycles. The molecule has 2 aromatic rings. The van der Waals surface area contributed by atoms with Crippen molar-refractivity contribution in [1.82, 2.24) is 5.32 Å². The van der Waals surface area contributed by atoms with Crippen molar-refractivity contribution < 1.29 is 9.90 Å². The van der Waals surface area contributed by atoms with Gasteiger partial charge in [-0.25, -0.2) is 0 Å². The predicted molar refractivity (Wildman–Crippen MR) is 73.2 cm³/mol. The van der Waals surface area contributed by atoms with E-state index in [1.54, 1.807) is 12.1 Å². The summed E-state index contributed by atoms with van der Waals surface area (Å²) >= 11 is 0. The molecule has 1 aliphatic carbocycles. The molecule has 96 valence electrons. The van der Waals surface area contributed by atoms with Crippen LogP contribution < -0.4 is 5.32 Å². The van der Waals surface area contributed by atoms with E-state index in [-0.39, 0.29) is 17.7 Å². The standard InChI is InChI=1S/C16H15NO2/c18-15-7-5-11(6-8-15)16(19)17-14-9-12-3-1-2-4-13(12)10-14/h1-8,14,18H,9-10H2,(H,17,19). The number of phenolic OH excluding ortho intramolecular Hbond substituents is 1. The number of phenols is 1. The van der Waals surface area contributed by atoms with Crippen LogP contribution in [0.2, 0.25) is 0 Å². The van der Waals surface area contributed by atoms with Gasteiger partial charge in [0.05, 0.1) is 0 Å². The Bertz CT molecular complexity index is 579. The van der Waals surface area contributed by atoms with Gasteiger partial charge in [-0.05, 0) is 48.2 Å². The van der Waals surface area contributed by atoms with Crippen molar-refractivity contribution in [1.29, 1.82) is 0 Å². The smallest absolute Gasteiger partial charge is 0.251 e. The maximum absolute atomic E-state index is 12.1. The molecule has 3 rings (SSSR count). The van der Waals surface area contributed by atoms with Crippen molar-refractivity contribution in [3.63, 3.8) is 0 Å². The van der Waals surface area contributed by atoms with E-state index < -0.39 is 0 Å². The molecule has 2 N–H and O–H groups in total. The average molecular weight is 253 g/mol. The van der Waals surface area contributed by atoms with Gasteiger partial charge >= 0.3 is 0 Å². The number of nitrogens with one attached hydrogen (secondary N) is 1. The molecule has 1 aliphatic rings. The number of fused-ring (bicyclic) bond motifs is 1. The SMILES string of the molecule is O=C(NC1Cc2ccccc2C1)c1ccc(O)cc1. The van der Waals surface area contributed by atoms with Gasteiger partial charge in [0.2, 0.25) is 0 Å². The van der Waals surface area contributed by atoms with Gasteiger partial charge in [0, 0.05) is 11.6 Å². The van der Waals surface area contributed by atoms with Gasteiger partial charge in [-0.1, -0.05) is 24.3 Å². The second kappa shape index (κ2) is 4.76. The van der Waals surface area contributed by atoms with Crippen LogP contribution in [0, 0.1) is 0 Å². The summed E-state index contributed by atoms with van der Waals surface area (Å²) in [6.45, 7) is 0. The molecule has 0 spiro atoms. The number of carbonyl (C=O) groups excluding carboxylic acids is 1. The summed E-state index contributed by atoms with van der Waals surface area (Å²) in [6.07, 6.45) is 1.78. The Balaban J connectivity index is 1.67. The summed E-state index contributed by atoms with van der Waals surface area (Å²) in [5, 5.41) is 12.3. The lowest BCUT2D eigenvalue weighted by Crippen LogP contribution is -2.35. The third-order valence-corrected chi connectivity index (χ3v) is 3.52. The maximum Gasteiger partial charge on any atom is 0.251 e. The third-order valence-electron chi connectivity index (χ3n) is 3.52. The summed E-state index contributed by atoms with van der Waals surface area (Å²) in [6, 6.07) is 14.8. The van der Waals surface area contributed by atoms with E-state index in [1.807, 2.05) is 12.1 Å². The first-order chi connectivity index (χ1) is 9.22. The molecule has 2 aromatic carbocycles. The Morgan fingerprint density at radius 1 is 1.00 bits per heavy atom. The minimum atomic E-state index is -0.0854. The molecule has 0 bridgehead atoms. The zero-order chi connectivity index (χ0) is 13.2. The molecule has 19 heavy (non-hydrogen) atoms. The first-order valence-electron chi connectivity index (χ1n) is 6.39. The zero-order valence-corrected chi connectivity index (χ0v) is 10.5. The van der Waals surface area contributed by atoms with E-state index in [2.05, 4.69) is 17.4 Å². The Labute approximate surface area is 111 Å². The van der Waals surface area contributed by atoms with Crippen molar-refractivity contribution in [2.75, 3.05) is 0 Å². The molecule has 0 aromatic heterocycles. The Morgan fingerprint density at radius 3 is 2.16 bits per heavy atom. The second-order valence-corrected chi connectivity index (χ2v) is 4.89. The van der Waals surface area contributed by atoms with Crippen LogP contribution in [0.5, 0.6) is 5.75 Å². The van der Waals surface area contributed by atoms with Crippen molar-refractivity contribution in [3.05, 3.63) is 65.2 Å². The monoisotopic (exact) mass is 253 g/mol. The molecule has 3 heteroatoms. The van der Waals surface area contributed by atoms with Crippen LogP contribution in [-0.2, 0) is 12.8 Å². The Morgan fingerprint density at radius 2 is 1.58 bits per heavy atom. The zero-order valence-electron chi connectivity index (χ0n) is 10.5. The van der Waals surface area contributed by atoms with Crippen molar-refractivity contribution in [2.24, 2.45) is 0 Å². The highest BCUT2D eigenvalue weighted by Crippen LogP contribution is 2.22. The van der Waals surface area contributed by atoms with Crippen LogP contribution in [0.1, 0.15) is 21.5 Å². The van der Waals surface area contributed by atoms with Crippen LogP contribution in [-0.4, -0.2) is 17.1 Å². The van der Waals surface area contributed by atoms with Crippen molar-refractivity contribution in [2.45, 2.75) is 18.9 Å². The summed E-state index contributed by atoms with van der Waals surface area (Å²) in [4.78, 5) is 12.1. The molecule has 0 fully saturated rings. The van der Waals surface area contributed by atoms with Gasteiger partial charge in [0.25, 0.3) is 5.91 Å². The first-order valence-corrected chi connectivity index (χ1v) is 6.39. The number of carbonyl (C=O) groups is 1. The van der Waals surface area contributed by atoms with Gasteiger partial charge in [-0.15, -0.1) is 0 Å². The molecule has 0 aliphatic heterocycles. The van der Waals surface area contributed by atoms with Crippen LogP contribution in [0.3, 0.4) is 0 Å². The van der Waals surface area contributed by atoms with Crippen molar-refractivity contribution in [3.8, 4) is 5.75 Å². The second-order valence-electron chi connectivity index (χ2n) is 4.89. The first kappa shape index (κ1) is 11.8. The van der Waals surface area contributed by atoms with Crippen molar-refractivity contribution >= 4 is 5.91 Å². The van der Waals surface area contributed by atoms with Gasteiger partial charge in [-0.3, -0.25) is 4.79 Å². The van der Waals surface area contributed by atoms with Crippen LogP contribution in [0.25, 0.3) is 0 Å². The maximum atomic E-state index is 12.1. The minimum absolute atomic E-state index is 0.0854. The van der Waals surface area contributed by atoms with Gasteiger partial charge in [0.15, 0.2) is 0 Å². The summed E-state index contributed by atoms with van der Waals surface area (Å²) in [5.74, 6) is 0.0858. The van der Waals surface area contributed by atoms with Gasteiger partial charge in [-0.2, -0.15) is 0 Å². The molecular weight excluding hydrogens is 238 g/mol. The van der Waals surface area contributed by atoms with E-state index in [1.165, 1.54) is 23.3 Å². The minimum Gasteiger partial charge on any atom is -0.508 e. The van der Waals surface area contributed by atoms with Crippen LogP contribution >= 0.6 is 0 Å². The number of benzene rings is 2. The van der Waals surface area contributed by atoms with Gasteiger partial charge < -0.3 is 10.4 Å². The summed E-state index contributed by atoms with van der Waals surface area (Å²) in [7, 11) is 0. The molecule has 1 amide bonds. The highest BCUT2D eigenvalue weighted by molar-refractivity contribution is 5.94. The lowest BCUT2D eigenvalue weighted by Gasteiger charge is -2.12. The Hall–Kier alpha value is -2.29. The van der Waals surface area contributed by atoms with Crippen LogP contribution in [0.15, 0.2) is 48.5 Å². The van der Waals surface area contributed by atoms with E-state index in [0.29, 0.717) is 5.56 Å². The molecular formula is C16H15NO2. The molecule has 0 radical (unpaired) electrons. The molecule has 0 unspecified atom stereocenters. The number of hydrogen-bond donors (Lipinski definition) is 2. The van der Waals surface area contributed by atoms with E-state index in [9.17, 15) is 9.90 Å². The van der Waals surface area contributed by atoms with E-state index in [4.69, 9.17) is 0 Å². The summed E-state index contributed by atoms with van der Waals surface area (Å²) < 4.78 is 0. The van der Waals surface area contributed by atoms with Gasteiger partial charge in [0.1, 0.15) is 5.75 Å². The average Bonchev–Trinajstić information content (AvgIpc) is 2.81. The highest BCUT2D eigenvalue weighted by Gasteiger charge is 2.22. The summed E-state index contributed by atoms with van der Waals surface area (Å²) in [5.41, 5.74) is 3.21. The van der Waals surface area contributed by atoms with E-state index >= 15 is 0 Å². The number of hydrogen-bond acceptors (Lipinski definition) is 2. The van der Waals surface area contributed by atoms with E-state index in [0.717, 1.165) is 12.8 Å². The molecule has 3 nitrogen and oxygen atoms in total. The normalized spacial score (nSPS) is 14.1. The predicted octanol–water partition coefficient (Wildman–Crippen LogP) is 2.29. The molecule has 0 atom stereocenters. The quantitative estimate of drug-likeness (QED) is 0.862. The highest BCUT2D eigenvalue weighted by atomic mass is 16.3. The number of aromatic hydroxyl groups is 1. The lowest BCUT2D eigenvalue weighted by atomic mass is 10.1. The third kappa shape index (κ3) is 2.45. The fourth-order valence-electron chi connectivity index (χ4n) is 2.54.